The summed E-state index contributed by atoms with van der Waals surface area (Å²) in [6.45, 7) is 0. The highest BCUT2D eigenvalue weighted by atomic mass is 35.5. The van der Waals surface area contributed by atoms with Crippen LogP contribution in [0, 0.1) is 0 Å². The number of anilines is 2. The van der Waals surface area contributed by atoms with Crippen molar-refractivity contribution in [2.45, 2.75) is 0 Å². The minimum Gasteiger partial charge on any atom is -0.455 e. The number of nitrogens with one attached hydrogen (secondary N) is 1. The summed E-state index contributed by atoms with van der Waals surface area (Å²) in [7, 11) is 0. The Morgan fingerprint density at radius 1 is 1.11 bits per heavy atom. The molecule has 0 aliphatic rings. The Morgan fingerprint density at radius 3 is 2.74 bits per heavy atom. The van der Waals surface area contributed by atoms with E-state index in [9.17, 15) is 0 Å². The van der Waals surface area contributed by atoms with Gasteiger partial charge in [0.05, 0.1) is 15.9 Å². The number of fused-ring (bicyclic) bond motifs is 1. The molecular formula is C13H11ClN4O. The van der Waals surface area contributed by atoms with Crippen molar-refractivity contribution in [3.8, 4) is 11.5 Å². The van der Waals surface area contributed by atoms with Crippen molar-refractivity contribution < 1.29 is 4.74 Å². The zero-order valence-electron chi connectivity index (χ0n) is 9.85. The third-order valence-electron chi connectivity index (χ3n) is 2.76. The Balaban J connectivity index is 2.08. The maximum atomic E-state index is 6.08. The zero-order valence-corrected chi connectivity index (χ0v) is 10.6. The van der Waals surface area contributed by atoms with Gasteiger partial charge in [-0.15, -0.1) is 0 Å². The first kappa shape index (κ1) is 11.7. The predicted molar refractivity (Wildman–Crippen MR) is 76.4 cm³/mol. The second-order valence-corrected chi connectivity index (χ2v) is 4.49. The van der Waals surface area contributed by atoms with Crippen molar-refractivity contribution in [2.24, 2.45) is 0 Å². The number of nitrogens with zero attached hydrogens (tertiary/aromatic N) is 1. The molecule has 0 spiro atoms. The van der Waals surface area contributed by atoms with Crippen LogP contribution in [-0.2, 0) is 0 Å². The molecule has 0 unspecified atom stereocenters. The second-order valence-electron chi connectivity index (χ2n) is 4.08. The predicted octanol–water partition coefficient (Wildman–Crippen LogP) is 3.17. The van der Waals surface area contributed by atoms with Crippen LogP contribution in [0.1, 0.15) is 0 Å². The highest BCUT2D eigenvalue weighted by Crippen LogP contribution is 2.35. The van der Waals surface area contributed by atoms with E-state index in [-0.39, 0.29) is 0 Å². The average molecular weight is 275 g/mol. The summed E-state index contributed by atoms with van der Waals surface area (Å²) >= 11 is 6.08. The summed E-state index contributed by atoms with van der Waals surface area (Å²) in [5.74, 6) is 1.50. The summed E-state index contributed by atoms with van der Waals surface area (Å²) in [4.78, 5) is 0. The first-order valence-corrected chi connectivity index (χ1v) is 5.98. The number of H-pyrrole nitrogens is 1. The van der Waals surface area contributed by atoms with Gasteiger partial charge in [-0.3, -0.25) is 5.10 Å². The number of halogens is 1. The summed E-state index contributed by atoms with van der Waals surface area (Å²) in [6.07, 6.45) is 0. The lowest BCUT2D eigenvalue weighted by Crippen LogP contribution is -1.90. The van der Waals surface area contributed by atoms with Crippen molar-refractivity contribution in [3.05, 3.63) is 41.4 Å². The lowest BCUT2D eigenvalue weighted by molar-refractivity contribution is 0.489. The van der Waals surface area contributed by atoms with Gasteiger partial charge in [0.15, 0.2) is 5.82 Å². The van der Waals surface area contributed by atoms with Crippen molar-refractivity contribution >= 4 is 34.0 Å². The van der Waals surface area contributed by atoms with E-state index in [1.165, 1.54) is 0 Å². The van der Waals surface area contributed by atoms with Crippen LogP contribution in [0.2, 0.25) is 5.02 Å². The molecule has 0 saturated carbocycles. The molecule has 2 aromatic carbocycles. The van der Waals surface area contributed by atoms with Gasteiger partial charge in [0.2, 0.25) is 0 Å². The van der Waals surface area contributed by atoms with Crippen LogP contribution in [0.25, 0.3) is 10.9 Å². The molecule has 0 amide bonds. The SMILES string of the molecule is Nc1ccc(Oc2cccc3[nH]nc(N)c23)c(Cl)c1. The lowest BCUT2D eigenvalue weighted by atomic mass is 10.2. The van der Waals surface area contributed by atoms with Crippen molar-refractivity contribution in [1.29, 1.82) is 0 Å². The molecule has 3 aromatic rings. The monoisotopic (exact) mass is 274 g/mol. The van der Waals surface area contributed by atoms with Gasteiger partial charge in [-0.25, -0.2) is 0 Å². The number of aromatic nitrogens is 2. The minimum atomic E-state index is 0.386. The third kappa shape index (κ3) is 2.04. The summed E-state index contributed by atoms with van der Waals surface area (Å²) in [5.41, 5.74) is 12.9. The number of benzene rings is 2. The third-order valence-corrected chi connectivity index (χ3v) is 3.05. The van der Waals surface area contributed by atoms with Crippen LogP contribution in [0.5, 0.6) is 11.5 Å². The van der Waals surface area contributed by atoms with Crippen molar-refractivity contribution in [3.63, 3.8) is 0 Å². The van der Waals surface area contributed by atoms with Crippen LogP contribution in [-0.4, -0.2) is 10.2 Å². The fourth-order valence-electron chi connectivity index (χ4n) is 1.87. The summed E-state index contributed by atoms with van der Waals surface area (Å²) < 4.78 is 5.79. The average Bonchev–Trinajstić information content (AvgIpc) is 2.76. The van der Waals surface area contributed by atoms with Crippen LogP contribution in [0.4, 0.5) is 11.5 Å². The van der Waals surface area contributed by atoms with Gasteiger partial charge in [0, 0.05) is 5.69 Å². The smallest absolute Gasteiger partial charge is 0.156 e. The van der Waals surface area contributed by atoms with Gasteiger partial charge < -0.3 is 16.2 Å². The van der Waals surface area contributed by atoms with E-state index in [4.69, 9.17) is 27.8 Å². The van der Waals surface area contributed by atoms with Gasteiger partial charge in [-0.1, -0.05) is 17.7 Å². The Labute approximate surface area is 114 Å². The fraction of sp³-hybridized carbons (Fsp3) is 0. The highest BCUT2D eigenvalue weighted by molar-refractivity contribution is 6.32. The first-order valence-electron chi connectivity index (χ1n) is 5.60. The van der Waals surface area contributed by atoms with Gasteiger partial charge in [0.25, 0.3) is 0 Å². The normalized spacial score (nSPS) is 10.8. The van der Waals surface area contributed by atoms with Gasteiger partial charge in [-0.2, -0.15) is 5.10 Å². The molecule has 1 aromatic heterocycles. The molecule has 3 rings (SSSR count). The van der Waals surface area contributed by atoms with E-state index in [1.54, 1.807) is 24.3 Å². The number of rotatable bonds is 2. The van der Waals surface area contributed by atoms with Crippen LogP contribution < -0.4 is 16.2 Å². The van der Waals surface area contributed by atoms with E-state index in [0.717, 1.165) is 10.9 Å². The Bertz CT molecular complexity index is 753. The molecule has 5 N–H and O–H groups in total. The van der Waals surface area contributed by atoms with Crippen LogP contribution in [0.3, 0.4) is 0 Å². The molecule has 0 aliphatic carbocycles. The van der Waals surface area contributed by atoms with E-state index < -0.39 is 0 Å². The minimum absolute atomic E-state index is 0.386. The number of ether oxygens (including phenoxy) is 1. The molecule has 0 fully saturated rings. The molecule has 96 valence electrons. The van der Waals surface area contributed by atoms with E-state index >= 15 is 0 Å². The molecule has 0 atom stereocenters. The molecule has 0 saturated heterocycles. The van der Waals surface area contributed by atoms with Crippen LogP contribution >= 0.6 is 11.6 Å². The molecule has 19 heavy (non-hydrogen) atoms. The lowest BCUT2D eigenvalue weighted by Gasteiger charge is -2.09. The molecule has 0 radical (unpaired) electrons. The fourth-order valence-corrected chi connectivity index (χ4v) is 2.10. The molecule has 1 heterocycles. The molecule has 0 aliphatic heterocycles. The maximum Gasteiger partial charge on any atom is 0.156 e. The molecule has 6 heteroatoms. The number of nitrogens with two attached hydrogens (primary N) is 2. The number of hydrogen-bond donors (Lipinski definition) is 3. The van der Waals surface area contributed by atoms with E-state index in [0.29, 0.717) is 28.0 Å². The molecular weight excluding hydrogens is 264 g/mol. The standard InChI is InChI=1S/C13H11ClN4O/c14-8-6-7(15)4-5-10(8)19-11-3-1-2-9-12(11)13(16)18-17-9/h1-6H,15H2,(H3,16,17,18). The summed E-state index contributed by atoms with van der Waals surface area (Å²) in [6, 6.07) is 10.6. The van der Waals surface area contributed by atoms with Crippen LogP contribution in [0.15, 0.2) is 36.4 Å². The van der Waals surface area contributed by atoms with Gasteiger partial charge >= 0.3 is 0 Å². The maximum absolute atomic E-state index is 6.08. The Morgan fingerprint density at radius 2 is 1.95 bits per heavy atom. The van der Waals surface area contributed by atoms with E-state index in [2.05, 4.69) is 10.2 Å². The molecule has 0 bridgehead atoms. The topological polar surface area (TPSA) is 90.0 Å². The second kappa shape index (κ2) is 4.37. The van der Waals surface area contributed by atoms with Crippen molar-refractivity contribution in [2.75, 3.05) is 11.5 Å². The van der Waals surface area contributed by atoms with E-state index in [1.807, 2.05) is 12.1 Å². The van der Waals surface area contributed by atoms with Gasteiger partial charge in [-0.05, 0) is 30.3 Å². The number of hydrogen-bond acceptors (Lipinski definition) is 4. The summed E-state index contributed by atoms with van der Waals surface area (Å²) in [5, 5.41) is 7.96. The Kier molecular flexibility index (Phi) is 2.68. The van der Waals surface area contributed by atoms with Gasteiger partial charge in [0.1, 0.15) is 11.5 Å². The number of aromatic amines is 1. The first-order chi connectivity index (χ1) is 9.15. The largest absolute Gasteiger partial charge is 0.455 e. The van der Waals surface area contributed by atoms with Crippen molar-refractivity contribution in [1.82, 2.24) is 10.2 Å². The quantitative estimate of drug-likeness (QED) is 0.626. The number of nitrogen functional groups attached to an aromatic ring is 2. The Hall–Kier alpha value is -2.40. The zero-order chi connectivity index (χ0) is 13.4. The molecule has 5 nitrogen and oxygen atoms in total. The highest BCUT2D eigenvalue weighted by Gasteiger charge is 2.11.